The molecule has 0 aliphatic carbocycles. The zero-order chi connectivity index (χ0) is 28.5. The maximum atomic E-state index is 14.0. The van der Waals surface area contributed by atoms with E-state index >= 15 is 0 Å². The Balaban J connectivity index is 1.45. The monoisotopic (exact) mass is 617 g/mol. The van der Waals surface area contributed by atoms with Gasteiger partial charge in [-0.25, -0.2) is 4.39 Å². The van der Waals surface area contributed by atoms with Crippen LogP contribution in [0.2, 0.25) is 0 Å². The van der Waals surface area contributed by atoms with E-state index in [1.54, 1.807) is 66.7 Å². The lowest BCUT2D eigenvalue weighted by Gasteiger charge is -2.13. The average Bonchev–Trinajstić information content (AvgIpc) is 2.95. The first-order valence-corrected chi connectivity index (χ1v) is 14.0. The highest BCUT2D eigenvalue weighted by Crippen LogP contribution is 2.24. The van der Waals surface area contributed by atoms with E-state index in [2.05, 4.69) is 31.9 Å². The van der Waals surface area contributed by atoms with E-state index in [1.807, 2.05) is 31.2 Å². The molecule has 4 aromatic rings. The largest absolute Gasteiger partial charge is 0.323 e. The molecule has 0 spiro atoms. The topological polar surface area (TPSA) is 87.3 Å². The molecule has 0 heterocycles. The molecule has 9 heteroatoms. The molecular weight excluding hydrogens is 593 g/mol. The molecule has 0 unspecified atom stereocenters. The molecule has 4 rings (SSSR count). The lowest BCUT2D eigenvalue weighted by Crippen LogP contribution is -2.30. The van der Waals surface area contributed by atoms with Crippen molar-refractivity contribution in [3.63, 3.8) is 0 Å². The van der Waals surface area contributed by atoms with Gasteiger partial charge >= 0.3 is 0 Å². The van der Waals surface area contributed by atoms with Crippen molar-refractivity contribution in [1.82, 2.24) is 5.32 Å². The summed E-state index contributed by atoms with van der Waals surface area (Å²) in [4.78, 5) is 39.3. The third-order valence-corrected chi connectivity index (χ3v) is 7.17. The smallest absolute Gasteiger partial charge is 0.272 e. The van der Waals surface area contributed by atoms with Crippen molar-refractivity contribution in [1.29, 1.82) is 0 Å². The molecule has 202 valence electrons. The molecule has 0 aromatic heterocycles. The molecule has 0 saturated carbocycles. The van der Waals surface area contributed by atoms with Crippen LogP contribution in [-0.2, 0) is 9.59 Å². The van der Waals surface area contributed by atoms with Crippen LogP contribution >= 0.6 is 27.7 Å². The Bertz CT molecular complexity index is 1580. The number of amides is 3. The van der Waals surface area contributed by atoms with E-state index in [-0.39, 0.29) is 23.0 Å². The minimum atomic E-state index is -0.536. The highest BCUT2D eigenvalue weighted by molar-refractivity contribution is 9.10. The second kappa shape index (κ2) is 13.7. The maximum Gasteiger partial charge on any atom is 0.272 e. The van der Waals surface area contributed by atoms with E-state index in [4.69, 9.17) is 0 Å². The van der Waals surface area contributed by atoms with Crippen LogP contribution in [0.15, 0.2) is 112 Å². The van der Waals surface area contributed by atoms with Gasteiger partial charge in [-0.15, -0.1) is 11.8 Å². The molecule has 3 N–H and O–H groups in total. The van der Waals surface area contributed by atoms with Crippen molar-refractivity contribution in [3.8, 4) is 0 Å². The summed E-state index contributed by atoms with van der Waals surface area (Å²) in [6.07, 6.45) is 1.63. The van der Waals surface area contributed by atoms with Crippen molar-refractivity contribution in [2.45, 2.75) is 11.8 Å². The number of thioether (sulfide) groups is 1. The molecule has 4 aromatic carbocycles. The van der Waals surface area contributed by atoms with Gasteiger partial charge in [0.05, 0.1) is 11.4 Å². The SMILES string of the molecule is Cc1ccccc1/C=C(\NC(=O)c1ccccc1)C(=O)Nc1cccc(SCC(=O)Nc2ccc(Br)cc2F)c1. The molecule has 0 aliphatic rings. The Hall–Kier alpha value is -4.21. The van der Waals surface area contributed by atoms with Gasteiger partial charge in [0.1, 0.15) is 11.5 Å². The predicted octanol–water partition coefficient (Wildman–Crippen LogP) is 7.04. The van der Waals surface area contributed by atoms with E-state index < -0.39 is 17.6 Å². The van der Waals surface area contributed by atoms with E-state index in [0.717, 1.165) is 16.0 Å². The fourth-order valence-corrected chi connectivity index (χ4v) is 4.72. The quantitative estimate of drug-likeness (QED) is 0.139. The van der Waals surface area contributed by atoms with Crippen molar-refractivity contribution < 1.29 is 18.8 Å². The summed E-state index contributed by atoms with van der Waals surface area (Å²) in [7, 11) is 0. The lowest BCUT2D eigenvalue weighted by atomic mass is 10.1. The molecular formula is C31H25BrFN3O3S. The molecule has 0 bridgehead atoms. The molecule has 0 atom stereocenters. The van der Waals surface area contributed by atoms with Crippen LogP contribution in [0.25, 0.3) is 6.08 Å². The van der Waals surface area contributed by atoms with Crippen LogP contribution < -0.4 is 16.0 Å². The fourth-order valence-electron chi connectivity index (χ4n) is 3.63. The lowest BCUT2D eigenvalue weighted by molar-refractivity contribution is -0.114. The summed E-state index contributed by atoms with van der Waals surface area (Å²) in [6, 6.07) is 27.6. The number of hydrogen-bond donors (Lipinski definition) is 3. The molecule has 0 fully saturated rings. The molecule has 40 heavy (non-hydrogen) atoms. The minimum Gasteiger partial charge on any atom is -0.323 e. The van der Waals surface area contributed by atoms with Gasteiger partial charge in [-0.2, -0.15) is 0 Å². The van der Waals surface area contributed by atoms with Crippen LogP contribution in [-0.4, -0.2) is 23.5 Å². The fraction of sp³-hybridized carbons (Fsp3) is 0.0645. The van der Waals surface area contributed by atoms with E-state index in [9.17, 15) is 18.8 Å². The summed E-state index contributed by atoms with van der Waals surface area (Å²) in [6.45, 7) is 1.92. The molecule has 3 amide bonds. The van der Waals surface area contributed by atoms with Crippen LogP contribution in [0.3, 0.4) is 0 Å². The van der Waals surface area contributed by atoms with E-state index in [1.165, 1.54) is 23.9 Å². The number of anilines is 2. The van der Waals surface area contributed by atoms with Crippen molar-refractivity contribution in [2.24, 2.45) is 0 Å². The number of rotatable bonds is 9. The highest BCUT2D eigenvalue weighted by Gasteiger charge is 2.16. The number of hydrogen-bond acceptors (Lipinski definition) is 4. The standard InChI is InChI=1S/C31H25BrFN3O3S/c1-20-8-5-6-11-22(20)16-28(36-30(38)21-9-3-2-4-10-21)31(39)34-24-12-7-13-25(18-24)40-19-29(37)35-27-15-14-23(32)17-26(27)33/h2-18H,19H2,1H3,(H,34,39)(H,35,37)(H,36,38)/b28-16-. The van der Waals surface area contributed by atoms with Crippen LogP contribution in [0.4, 0.5) is 15.8 Å². The Morgan fingerprint density at radius 3 is 2.38 bits per heavy atom. The first-order chi connectivity index (χ1) is 19.3. The highest BCUT2D eigenvalue weighted by atomic mass is 79.9. The van der Waals surface area contributed by atoms with Gasteiger partial charge < -0.3 is 16.0 Å². The van der Waals surface area contributed by atoms with Gasteiger partial charge in [-0.3, -0.25) is 14.4 Å². The zero-order valence-corrected chi connectivity index (χ0v) is 23.8. The summed E-state index contributed by atoms with van der Waals surface area (Å²) < 4.78 is 14.6. The number of benzene rings is 4. The van der Waals surface area contributed by atoms with Gasteiger partial charge in [-0.05, 0) is 72.7 Å². The zero-order valence-electron chi connectivity index (χ0n) is 21.4. The first kappa shape index (κ1) is 28.8. The van der Waals surface area contributed by atoms with Gasteiger partial charge in [0.2, 0.25) is 5.91 Å². The van der Waals surface area contributed by atoms with Crippen LogP contribution in [0, 0.1) is 12.7 Å². The number of halogens is 2. The number of carbonyl (C=O) groups is 3. The maximum absolute atomic E-state index is 14.0. The Labute approximate surface area is 244 Å². The molecule has 0 aliphatic heterocycles. The van der Waals surface area contributed by atoms with Crippen LogP contribution in [0.5, 0.6) is 0 Å². The number of aryl methyl sites for hydroxylation is 1. The normalized spacial score (nSPS) is 11.0. The predicted molar refractivity (Wildman–Crippen MR) is 162 cm³/mol. The second-order valence-corrected chi connectivity index (χ2v) is 10.6. The van der Waals surface area contributed by atoms with Gasteiger partial charge in [0.25, 0.3) is 11.8 Å². The second-order valence-electron chi connectivity index (χ2n) is 8.68. The molecule has 6 nitrogen and oxygen atoms in total. The van der Waals surface area contributed by atoms with Crippen LogP contribution in [0.1, 0.15) is 21.5 Å². The third-order valence-electron chi connectivity index (χ3n) is 5.68. The Kier molecular flexibility index (Phi) is 9.88. The van der Waals surface area contributed by atoms with E-state index in [0.29, 0.717) is 15.7 Å². The van der Waals surface area contributed by atoms with Crippen molar-refractivity contribution in [3.05, 3.63) is 130 Å². The van der Waals surface area contributed by atoms with Crippen molar-refractivity contribution in [2.75, 3.05) is 16.4 Å². The Morgan fingerprint density at radius 2 is 1.62 bits per heavy atom. The molecule has 0 saturated heterocycles. The Morgan fingerprint density at radius 1 is 0.875 bits per heavy atom. The average molecular weight is 619 g/mol. The van der Waals surface area contributed by atoms with Gasteiger partial charge in [0, 0.05) is 20.6 Å². The third kappa shape index (κ3) is 8.14. The summed E-state index contributed by atoms with van der Waals surface area (Å²) in [5, 5.41) is 8.12. The van der Waals surface area contributed by atoms with Gasteiger partial charge in [0.15, 0.2) is 0 Å². The van der Waals surface area contributed by atoms with Gasteiger partial charge in [-0.1, -0.05) is 64.5 Å². The minimum absolute atomic E-state index is 0.0402. The first-order valence-electron chi connectivity index (χ1n) is 12.2. The summed E-state index contributed by atoms with van der Waals surface area (Å²) >= 11 is 4.43. The number of nitrogens with one attached hydrogen (secondary N) is 3. The summed E-state index contributed by atoms with van der Waals surface area (Å²) in [5.74, 6) is -1.77. The summed E-state index contributed by atoms with van der Waals surface area (Å²) in [5.41, 5.74) is 2.82. The van der Waals surface area contributed by atoms with Crippen molar-refractivity contribution >= 4 is 62.9 Å². The molecule has 0 radical (unpaired) electrons. The number of carbonyl (C=O) groups excluding carboxylic acids is 3.